The Labute approximate surface area is 133 Å². The van der Waals surface area contributed by atoms with Gasteiger partial charge in [0.05, 0.1) is 4.87 Å². The zero-order chi connectivity index (χ0) is 12.3. The van der Waals surface area contributed by atoms with Gasteiger partial charge in [0.1, 0.15) is 0 Å². The van der Waals surface area contributed by atoms with Crippen molar-refractivity contribution >= 4 is 36.4 Å². The molecule has 0 amide bonds. The van der Waals surface area contributed by atoms with E-state index in [1.165, 1.54) is 24.8 Å². The molecular formula is C14H23Cl3N2. The van der Waals surface area contributed by atoms with Crippen LogP contribution in [-0.4, -0.2) is 30.5 Å². The Bertz CT molecular complexity index is 359. The first kappa shape index (κ1) is 19.0. The predicted molar refractivity (Wildman–Crippen MR) is 86.8 cm³/mol. The Morgan fingerprint density at radius 1 is 1.37 bits per heavy atom. The lowest BCUT2D eigenvalue weighted by Gasteiger charge is -2.40. The first-order chi connectivity index (χ1) is 8.13. The van der Waals surface area contributed by atoms with Crippen LogP contribution in [0.1, 0.15) is 31.2 Å². The van der Waals surface area contributed by atoms with Gasteiger partial charge in [0, 0.05) is 18.9 Å². The van der Waals surface area contributed by atoms with Crippen molar-refractivity contribution in [1.29, 1.82) is 0 Å². The Hall–Kier alpha value is -0.0200. The van der Waals surface area contributed by atoms with E-state index in [9.17, 15) is 0 Å². The van der Waals surface area contributed by atoms with Gasteiger partial charge in [-0.2, -0.15) is 0 Å². The standard InChI is InChI=1S/C14H21ClN2.2ClH/c1-17(2)11-13-6-3-4-8-14(13,15)12-7-5-9-16-10-12;;/h5,7,9-10,13H,3-4,6,8,11H2,1-2H3;2*1H. The average Bonchev–Trinajstić information content (AvgIpc) is 2.33. The summed E-state index contributed by atoms with van der Waals surface area (Å²) in [4.78, 5) is 6.25. The first-order valence-electron chi connectivity index (χ1n) is 6.37. The van der Waals surface area contributed by atoms with Crippen LogP contribution < -0.4 is 0 Å². The average molecular weight is 326 g/mol. The fraction of sp³-hybridized carbons (Fsp3) is 0.643. The fourth-order valence-electron chi connectivity index (χ4n) is 2.87. The lowest BCUT2D eigenvalue weighted by atomic mass is 9.75. The topological polar surface area (TPSA) is 16.1 Å². The van der Waals surface area contributed by atoms with Gasteiger partial charge in [-0.25, -0.2) is 0 Å². The van der Waals surface area contributed by atoms with Crippen LogP contribution >= 0.6 is 36.4 Å². The molecule has 1 heterocycles. The molecule has 0 radical (unpaired) electrons. The summed E-state index contributed by atoms with van der Waals surface area (Å²) in [6.45, 7) is 1.05. The maximum absolute atomic E-state index is 6.94. The van der Waals surface area contributed by atoms with Crippen LogP contribution in [0.15, 0.2) is 24.5 Å². The second-order valence-corrected chi connectivity index (χ2v) is 5.98. The normalized spacial score (nSPS) is 26.4. The van der Waals surface area contributed by atoms with E-state index in [1.54, 1.807) is 0 Å². The van der Waals surface area contributed by atoms with Gasteiger partial charge in [0.2, 0.25) is 0 Å². The molecule has 110 valence electrons. The molecule has 2 rings (SSSR count). The zero-order valence-electron chi connectivity index (χ0n) is 11.5. The molecule has 0 spiro atoms. The van der Waals surface area contributed by atoms with Gasteiger partial charge in [-0.05, 0) is 44.5 Å². The first-order valence-corrected chi connectivity index (χ1v) is 6.75. The second-order valence-electron chi connectivity index (χ2n) is 5.31. The molecule has 1 aliphatic carbocycles. The van der Waals surface area contributed by atoms with E-state index in [2.05, 4.69) is 30.0 Å². The van der Waals surface area contributed by atoms with Crippen LogP contribution in [0.5, 0.6) is 0 Å². The zero-order valence-corrected chi connectivity index (χ0v) is 13.9. The third-order valence-corrected chi connectivity index (χ3v) is 4.43. The molecule has 2 atom stereocenters. The molecule has 1 aromatic heterocycles. The number of alkyl halides is 1. The van der Waals surface area contributed by atoms with E-state index >= 15 is 0 Å². The molecule has 1 aliphatic rings. The summed E-state index contributed by atoms with van der Waals surface area (Å²) in [6, 6.07) is 4.11. The van der Waals surface area contributed by atoms with Crippen LogP contribution in [0.4, 0.5) is 0 Å². The van der Waals surface area contributed by atoms with E-state index < -0.39 is 0 Å². The number of pyridine rings is 1. The smallest absolute Gasteiger partial charge is 0.0750 e. The van der Waals surface area contributed by atoms with E-state index in [0.29, 0.717) is 5.92 Å². The van der Waals surface area contributed by atoms with Crippen LogP contribution in [0.25, 0.3) is 0 Å². The number of hydrogen-bond acceptors (Lipinski definition) is 2. The molecule has 19 heavy (non-hydrogen) atoms. The highest BCUT2D eigenvalue weighted by Crippen LogP contribution is 2.47. The molecule has 1 fully saturated rings. The number of rotatable bonds is 3. The molecule has 0 saturated heterocycles. The summed E-state index contributed by atoms with van der Waals surface area (Å²) in [7, 11) is 4.24. The van der Waals surface area contributed by atoms with Gasteiger partial charge in [0.25, 0.3) is 0 Å². The SMILES string of the molecule is CN(C)CC1CCCCC1(Cl)c1cccnc1.Cl.Cl. The van der Waals surface area contributed by atoms with E-state index in [4.69, 9.17) is 11.6 Å². The third-order valence-electron chi connectivity index (χ3n) is 3.72. The predicted octanol–water partition coefficient (Wildman–Crippen LogP) is 4.11. The lowest BCUT2D eigenvalue weighted by molar-refractivity contribution is 0.207. The quantitative estimate of drug-likeness (QED) is 0.777. The van der Waals surface area contributed by atoms with Crippen molar-refractivity contribution in [2.45, 2.75) is 30.6 Å². The summed E-state index contributed by atoms with van der Waals surface area (Å²) in [5.74, 6) is 0.525. The van der Waals surface area contributed by atoms with Crippen molar-refractivity contribution in [3.05, 3.63) is 30.1 Å². The van der Waals surface area contributed by atoms with Crippen molar-refractivity contribution in [3.63, 3.8) is 0 Å². The highest BCUT2D eigenvalue weighted by Gasteiger charge is 2.40. The minimum Gasteiger partial charge on any atom is -0.309 e. The highest BCUT2D eigenvalue weighted by atomic mass is 35.5. The van der Waals surface area contributed by atoms with Crippen molar-refractivity contribution in [2.24, 2.45) is 5.92 Å². The Morgan fingerprint density at radius 3 is 2.68 bits per heavy atom. The summed E-state index contributed by atoms with van der Waals surface area (Å²) >= 11 is 6.94. The van der Waals surface area contributed by atoms with Gasteiger partial charge in [-0.15, -0.1) is 36.4 Å². The van der Waals surface area contributed by atoms with Crippen LogP contribution in [0, 0.1) is 5.92 Å². The molecule has 0 aliphatic heterocycles. The molecule has 2 nitrogen and oxygen atoms in total. The summed E-state index contributed by atoms with van der Waals surface area (Å²) in [6.07, 6.45) is 8.55. The molecule has 0 aromatic carbocycles. The minimum absolute atomic E-state index is 0. The van der Waals surface area contributed by atoms with Crippen molar-refractivity contribution < 1.29 is 0 Å². The van der Waals surface area contributed by atoms with Crippen LogP contribution in [0.3, 0.4) is 0 Å². The van der Waals surface area contributed by atoms with Crippen LogP contribution in [-0.2, 0) is 4.87 Å². The number of nitrogens with zero attached hydrogens (tertiary/aromatic N) is 2. The van der Waals surface area contributed by atoms with Crippen molar-refractivity contribution in [2.75, 3.05) is 20.6 Å². The molecular weight excluding hydrogens is 303 g/mol. The van der Waals surface area contributed by atoms with E-state index in [0.717, 1.165) is 13.0 Å². The number of halogens is 3. The Morgan fingerprint density at radius 2 is 2.11 bits per heavy atom. The maximum atomic E-state index is 6.94. The largest absolute Gasteiger partial charge is 0.309 e. The van der Waals surface area contributed by atoms with Gasteiger partial charge in [-0.1, -0.05) is 18.9 Å². The van der Waals surface area contributed by atoms with Gasteiger partial charge >= 0.3 is 0 Å². The Balaban J connectivity index is 0.00000162. The fourth-order valence-corrected chi connectivity index (χ4v) is 3.29. The van der Waals surface area contributed by atoms with Crippen molar-refractivity contribution in [3.8, 4) is 0 Å². The summed E-state index contributed by atoms with van der Waals surface area (Å²) in [5, 5.41) is 0. The molecule has 2 unspecified atom stereocenters. The lowest BCUT2D eigenvalue weighted by Crippen LogP contribution is -2.39. The van der Waals surface area contributed by atoms with Gasteiger partial charge < -0.3 is 4.90 Å². The van der Waals surface area contributed by atoms with Gasteiger partial charge in [0.15, 0.2) is 0 Å². The Kier molecular flexibility index (Phi) is 8.30. The molecule has 5 heteroatoms. The van der Waals surface area contributed by atoms with Crippen LogP contribution in [0.2, 0.25) is 0 Å². The third kappa shape index (κ3) is 4.49. The molecule has 1 saturated carbocycles. The summed E-state index contributed by atoms with van der Waals surface area (Å²) in [5.41, 5.74) is 1.19. The van der Waals surface area contributed by atoms with Crippen molar-refractivity contribution in [1.82, 2.24) is 9.88 Å². The van der Waals surface area contributed by atoms with E-state index in [-0.39, 0.29) is 29.7 Å². The molecule has 1 aromatic rings. The summed E-state index contributed by atoms with van der Waals surface area (Å²) < 4.78 is 0. The molecule has 0 N–H and O–H groups in total. The monoisotopic (exact) mass is 324 g/mol. The van der Waals surface area contributed by atoms with Gasteiger partial charge in [-0.3, -0.25) is 4.98 Å². The minimum atomic E-state index is -0.212. The number of aromatic nitrogens is 1. The maximum Gasteiger partial charge on any atom is 0.0750 e. The number of hydrogen-bond donors (Lipinski definition) is 0. The van der Waals surface area contributed by atoms with E-state index in [1.807, 2.05) is 18.5 Å². The molecule has 0 bridgehead atoms. The highest BCUT2D eigenvalue weighted by molar-refractivity contribution is 6.24. The second kappa shape index (κ2) is 8.31.